The molecule has 8 nitrogen and oxygen atoms in total. The van der Waals surface area contributed by atoms with Gasteiger partial charge in [0.25, 0.3) is 0 Å². The molecule has 3 aliphatic heterocycles. The summed E-state index contributed by atoms with van der Waals surface area (Å²) in [5, 5.41) is 2.91. The monoisotopic (exact) mass is 493 g/mol. The van der Waals surface area contributed by atoms with Crippen molar-refractivity contribution in [2.24, 2.45) is 0 Å². The van der Waals surface area contributed by atoms with Crippen LogP contribution < -0.4 is 15.0 Å². The maximum absolute atomic E-state index is 12.8. The van der Waals surface area contributed by atoms with Gasteiger partial charge in [0.05, 0.1) is 18.1 Å². The molecule has 0 aliphatic carbocycles. The SMILES string of the molecule is CC(C)(C)OC(=O)N1C2CCC1CN(c1ccc3c(c1)OCC(NC(=O)OCc1ccccc1)C3)C2. The average Bonchev–Trinajstić information content (AvgIpc) is 3.12. The minimum Gasteiger partial charge on any atom is -0.491 e. The molecule has 0 spiro atoms. The third-order valence-corrected chi connectivity index (χ3v) is 6.94. The van der Waals surface area contributed by atoms with E-state index >= 15 is 0 Å². The minimum atomic E-state index is -0.491. The molecule has 5 rings (SSSR count). The van der Waals surface area contributed by atoms with Crippen molar-refractivity contribution in [2.45, 2.75) is 70.4 Å². The Labute approximate surface area is 212 Å². The van der Waals surface area contributed by atoms with E-state index in [4.69, 9.17) is 14.2 Å². The molecule has 0 aromatic heterocycles. The van der Waals surface area contributed by atoms with Crippen molar-refractivity contribution < 1.29 is 23.8 Å². The fourth-order valence-corrected chi connectivity index (χ4v) is 5.31. The summed E-state index contributed by atoms with van der Waals surface area (Å²) in [5.41, 5.74) is 2.62. The standard InChI is InChI=1S/C28H35N3O5/c1-28(2,3)36-27(33)31-23-11-12-24(31)16-30(15-23)22-10-9-20-13-21(18-34-25(20)14-22)29-26(32)35-17-19-7-5-4-6-8-19/h4-10,14,21,23-24H,11-13,15-18H2,1-3H3,(H,29,32). The van der Waals surface area contributed by atoms with E-state index in [-0.39, 0.29) is 30.8 Å². The van der Waals surface area contributed by atoms with E-state index in [1.807, 2.05) is 56.0 Å². The molecule has 3 atom stereocenters. The molecule has 2 amide bonds. The Balaban J connectivity index is 1.16. The fourth-order valence-electron chi connectivity index (χ4n) is 5.31. The molecule has 1 N–H and O–H groups in total. The van der Waals surface area contributed by atoms with Gasteiger partial charge >= 0.3 is 12.2 Å². The average molecular weight is 494 g/mol. The lowest BCUT2D eigenvalue weighted by molar-refractivity contribution is 0.0123. The van der Waals surface area contributed by atoms with Crippen LogP contribution in [0.5, 0.6) is 5.75 Å². The maximum Gasteiger partial charge on any atom is 0.410 e. The van der Waals surface area contributed by atoms with Crippen LogP contribution in [0.2, 0.25) is 0 Å². The summed E-state index contributed by atoms with van der Waals surface area (Å²) in [6.45, 7) is 7.92. The molecule has 3 heterocycles. The summed E-state index contributed by atoms with van der Waals surface area (Å²) in [7, 11) is 0. The Hall–Kier alpha value is -3.42. The second kappa shape index (κ2) is 9.91. The van der Waals surface area contributed by atoms with Crippen LogP contribution in [0.3, 0.4) is 0 Å². The molecule has 3 aliphatic rings. The topological polar surface area (TPSA) is 80.3 Å². The summed E-state index contributed by atoms with van der Waals surface area (Å²) in [5.74, 6) is 0.852. The van der Waals surface area contributed by atoms with Gasteiger partial charge in [-0.1, -0.05) is 36.4 Å². The third kappa shape index (κ3) is 5.53. The highest BCUT2D eigenvalue weighted by Crippen LogP contribution is 2.36. The summed E-state index contributed by atoms with van der Waals surface area (Å²) in [4.78, 5) is 29.3. The van der Waals surface area contributed by atoms with E-state index in [1.165, 1.54) is 0 Å². The van der Waals surface area contributed by atoms with Crippen LogP contribution in [0.25, 0.3) is 0 Å². The number of alkyl carbamates (subject to hydrolysis) is 1. The first-order chi connectivity index (χ1) is 17.2. The number of benzene rings is 2. The Morgan fingerprint density at radius 2 is 1.78 bits per heavy atom. The lowest BCUT2D eigenvalue weighted by Gasteiger charge is -2.42. The molecule has 8 heteroatoms. The molecule has 2 bridgehead atoms. The van der Waals surface area contributed by atoms with Gasteiger partial charge in [-0.3, -0.25) is 4.90 Å². The van der Waals surface area contributed by atoms with Crippen LogP contribution in [0.4, 0.5) is 15.3 Å². The zero-order valence-corrected chi connectivity index (χ0v) is 21.2. The van der Waals surface area contributed by atoms with Crippen LogP contribution in [-0.2, 0) is 22.5 Å². The van der Waals surface area contributed by atoms with Gasteiger partial charge in [0, 0.05) is 24.8 Å². The van der Waals surface area contributed by atoms with E-state index in [1.54, 1.807) is 0 Å². The van der Waals surface area contributed by atoms with Crippen LogP contribution in [0, 0.1) is 0 Å². The van der Waals surface area contributed by atoms with E-state index < -0.39 is 11.7 Å². The second-order valence-corrected chi connectivity index (χ2v) is 10.9. The van der Waals surface area contributed by atoms with Gasteiger partial charge in [0.1, 0.15) is 24.6 Å². The number of fused-ring (bicyclic) bond motifs is 3. The Bertz CT molecular complexity index is 1090. The van der Waals surface area contributed by atoms with E-state index in [0.717, 1.165) is 48.5 Å². The number of rotatable bonds is 4. The van der Waals surface area contributed by atoms with Crippen LogP contribution in [0.1, 0.15) is 44.7 Å². The predicted octanol–water partition coefficient (Wildman–Crippen LogP) is 4.50. The molecule has 0 radical (unpaired) electrons. The van der Waals surface area contributed by atoms with Crippen molar-refractivity contribution in [1.82, 2.24) is 10.2 Å². The Morgan fingerprint density at radius 3 is 2.47 bits per heavy atom. The first kappa shape index (κ1) is 24.3. The molecule has 36 heavy (non-hydrogen) atoms. The highest BCUT2D eigenvalue weighted by molar-refractivity contribution is 5.70. The van der Waals surface area contributed by atoms with E-state index in [9.17, 15) is 9.59 Å². The summed E-state index contributed by atoms with van der Waals surface area (Å²) >= 11 is 0. The van der Waals surface area contributed by atoms with Crippen molar-refractivity contribution in [3.05, 3.63) is 59.7 Å². The highest BCUT2D eigenvalue weighted by Gasteiger charge is 2.44. The Kier molecular flexibility index (Phi) is 6.69. The van der Waals surface area contributed by atoms with E-state index in [0.29, 0.717) is 13.0 Å². The number of carbonyl (C=O) groups excluding carboxylic acids is 2. The van der Waals surface area contributed by atoms with Crippen LogP contribution in [0.15, 0.2) is 48.5 Å². The van der Waals surface area contributed by atoms with Gasteiger partial charge in [-0.15, -0.1) is 0 Å². The van der Waals surface area contributed by atoms with Crippen LogP contribution in [-0.4, -0.2) is 60.5 Å². The number of hydrogen-bond acceptors (Lipinski definition) is 6. The van der Waals surface area contributed by atoms with Gasteiger partial charge in [0.2, 0.25) is 0 Å². The summed E-state index contributed by atoms with van der Waals surface area (Å²) < 4.78 is 17.0. The zero-order chi connectivity index (χ0) is 25.3. The molecule has 2 aromatic carbocycles. The van der Waals surface area contributed by atoms with Crippen molar-refractivity contribution in [3.63, 3.8) is 0 Å². The lowest BCUT2D eigenvalue weighted by Crippen LogP contribution is -2.56. The van der Waals surface area contributed by atoms with Gasteiger partial charge in [0.15, 0.2) is 0 Å². The molecule has 192 valence electrons. The molecular weight excluding hydrogens is 458 g/mol. The van der Waals surface area contributed by atoms with Crippen molar-refractivity contribution >= 4 is 17.9 Å². The molecule has 2 fully saturated rings. The molecule has 0 saturated carbocycles. The van der Waals surface area contributed by atoms with Gasteiger partial charge < -0.3 is 24.4 Å². The number of anilines is 1. The maximum atomic E-state index is 12.8. The quantitative estimate of drug-likeness (QED) is 0.675. The van der Waals surface area contributed by atoms with Crippen LogP contribution >= 0.6 is 0 Å². The predicted molar refractivity (Wildman–Crippen MR) is 136 cm³/mol. The third-order valence-electron chi connectivity index (χ3n) is 6.94. The first-order valence-corrected chi connectivity index (χ1v) is 12.7. The number of carbonyl (C=O) groups is 2. The van der Waals surface area contributed by atoms with Gasteiger partial charge in [-0.05, 0) is 57.2 Å². The van der Waals surface area contributed by atoms with Crippen molar-refractivity contribution in [2.75, 3.05) is 24.6 Å². The van der Waals surface area contributed by atoms with Gasteiger partial charge in [-0.25, -0.2) is 9.59 Å². The zero-order valence-electron chi connectivity index (χ0n) is 21.2. The molecule has 3 unspecified atom stereocenters. The Morgan fingerprint density at radius 1 is 1.06 bits per heavy atom. The van der Waals surface area contributed by atoms with E-state index in [2.05, 4.69) is 28.4 Å². The number of hydrogen-bond donors (Lipinski definition) is 1. The second-order valence-electron chi connectivity index (χ2n) is 10.9. The first-order valence-electron chi connectivity index (χ1n) is 12.7. The summed E-state index contributed by atoms with van der Waals surface area (Å²) in [6.07, 6.45) is 2.04. The number of ether oxygens (including phenoxy) is 3. The largest absolute Gasteiger partial charge is 0.491 e. The fraction of sp³-hybridized carbons (Fsp3) is 0.500. The number of nitrogens with one attached hydrogen (secondary N) is 1. The van der Waals surface area contributed by atoms with Crippen molar-refractivity contribution in [3.8, 4) is 5.75 Å². The molecule has 2 saturated heterocycles. The highest BCUT2D eigenvalue weighted by atomic mass is 16.6. The number of nitrogens with zero attached hydrogens (tertiary/aromatic N) is 2. The normalized spacial score (nSPS) is 22.9. The smallest absolute Gasteiger partial charge is 0.410 e. The number of piperazine rings is 1. The molecular formula is C28H35N3O5. The van der Waals surface area contributed by atoms with Crippen molar-refractivity contribution in [1.29, 1.82) is 0 Å². The minimum absolute atomic E-state index is 0.139. The number of amides is 2. The lowest BCUT2D eigenvalue weighted by atomic mass is 10.0. The molecule has 2 aromatic rings. The summed E-state index contributed by atoms with van der Waals surface area (Å²) in [6, 6.07) is 16.1. The van der Waals surface area contributed by atoms with Gasteiger partial charge in [-0.2, -0.15) is 0 Å².